The molecule has 0 saturated heterocycles. The molecule has 0 heterocycles. The van der Waals surface area contributed by atoms with E-state index in [9.17, 15) is 5.11 Å². The summed E-state index contributed by atoms with van der Waals surface area (Å²) in [6.45, 7) is 10.9. The summed E-state index contributed by atoms with van der Waals surface area (Å²) in [6, 6.07) is 20.8. The second-order valence-electron chi connectivity index (χ2n) is 8.39. The Morgan fingerprint density at radius 3 is 1.69 bits per heavy atom. The summed E-state index contributed by atoms with van der Waals surface area (Å²) in [7, 11) is -1.98. The topological polar surface area (TPSA) is 29.5 Å². The summed E-state index contributed by atoms with van der Waals surface area (Å²) < 4.78 is 6.65. The molecule has 2 aromatic carbocycles. The molecule has 0 aliphatic heterocycles. The van der Waals surface area contributed by atoms with Crippen LogP contribution in [-0.4, -0.2) is 19.9 Å². The van der Waals surface area contributed by atoms with Gasteiger partial charge in [0.2, 0.25) is 9.04 Å². The Labute approximate surface area is 161 Å². The fourth-order valence-electron chi connectivity index (χ4n) is 3.62. The fourth-order valence-corrected chi connectivity index (χ4v) is 6.19. The van der Waals surface area contributed by atoms with Crippen LogP contribution in [0.4, 0.5) is 0 Å². The molecule has 0 aromatic heterocycles. The van der Waals surface area contributed by atoms with Crippen molar-refractivity contribution in [3.63, 3.8) is 0 Å². The molecule has 0 amide bonds. The van der Waals surface area contributed by atoms with Crippen LogP contribution in [0.1, 0.15) is 53.9 Å². The quantitative estimate of drug-likeness (QED) is 0.560. The molecular formula is C23H34O2Si. The van der Waals surface area contributed by atoms with Crippen LogP contribution in [0.15, 0.2) is 60.7 Å². The van der Waals surface area contributed by atoms with Gasteiger partial charge in [-0.05, 0) is 35.1 Å². The van der Waals surface area contributed by atoms with Crippen LogP contribution in [0.25, 0.3) is 0 Å². The summed E-state index contributed by atoms with van der Waals surface area (Å²) in [5.41, 5.74) is 0.156. The monoisotopic (exact) mass is 370 g/mol. The Kier molecular flexibility index (Phi) is 7.21. The van der Waals surface area contributed by atoms with Crippen molar-refractivity contribution in [1.29, 1.82) is 0 Å². The molecule has 0 aliphatic rings. The fraction of sp³-hybridized carbons (Fsp3) is 0.478. The molecule has 0 spiro atoms. The average molecular weight is 371 g/mol. The van der Waals surface area contributed by atoms with Gasteiger partial charge in [-0.25, -0.2) is 0 Å². The molecule has 2 rings (SSSR count). The summed E-state index contributed by atoms with van der Waals surface area (Å²) in [5, 5.41) is 14.0. The Bertz CT molecular complexity index is 611. The van der Waals surface area contributed by atoms with Crippen LogP contribution >= 0.6 is 0 Å². The zero-order chi connectivity index (χ0) is 19.2. The van der Waals surface area contributed by atoms with Gasteiger partial charge in [0.05, 0.1) is 0 Å². The molecule has 0 aliphatic carbocycles. The lowest BCUT2D eigenvalue weighted by molar-refractivity contribution is -0.189. The number of hydrogen-bond donors (Lipinski definition) is 1. The van der Waals surface area contributed by atoms with Gasteiger partial charge in [-0.1, -0.05) is 95.3 Å². The largest absolute Gasteiger partial charge is 0.384 e. The zero-order valence-electron chi connectivity index (χ0n) is 16.9. The maximum Gasteiger partial charge on any atom is 0.243 e. The summed E-state index contributed by atoms with van der Waals surface area (Å²) in [4.78, 5) is 0. The molecule has 2 nitrogen and oxygen atoms in total. The predicted octanol–water partition coefficient (Wildman–Crippen LogP) is 4.10. The molecule has 1 unspecified atom stereocenters. The van der Waals surface area contributed by atoms with Gasteiger partial charge >= 0.3 is 0 Å². The van der Waals surface area contributed by atoms with E-state index < -0.39 is 14.8 Å². The van der Waals surface area contributed by atoms with E-state index in [4.69, 9.17) is 4.43 Å². The maximum atomic E-state index is 11.5. The number of rotatable bonds is 8. The molecule has 2 atom stereocenters. The van der Waals surface area contributed by atoms with Crippen molar-refractivity contribution >= 4 is 19.4 Å². The lowest BCUT2D eigenvalue weighted by Crippen LogP contribution is -2.54. The molecule has 2 aromatic rings. The SMILES string of the molecule is CCC(CC(C)(C)C)[C@](O)(CC)O[SiH](c1ccccc1)c1ccccc1. The molecule has 142 valence electrons. The second kappa shape index (κ2) is 8.98. The van der Waals surface area contributed by atoms with Crippen molar-refractivity contribution < 1.29 is 9.53 Å². The van der Waals surface area contributed by atoms with E-state index in [-0.39, 0.29) is 11.3 Å². The van der Waals surface area contributed by atoms with Crippen LogP contribution in [0.5, 0.6) is 0 Å². The highest BCUT2D eigenvalue weighted by Gasteiger charge is 2.40. The highest BCUT2D eigenvalue weighted by Crippen LogP contribution is 2.36. The molecule has 0 fully saturated rings. The van der Waals surface area contributed by atoms with Gasteiger partial charge in [-0.15, -0.1) is 0 Å². The molecule has 0 saturated carbocycles. The second-order valence-corrected chi connectivity index (χ2v) is 10.7. The van der Waals surface area contributed by atoms with Crippen LogP contribution in [-0.2, 0) is 4.43 Å². The third kappa shape index (κ3) is 5.54. The normalized spacial score (nSPS) is 15.7. The van der Waals surface area contributed by atoms with Gasteiger partial charge in [-0.3, -0.25) is 0 Å². The van der Waals surface area contributed by atoms with E-state index in [2.05, 4.69) is 76.2 Å². The van der Waals surface area contributed by atoms with E-state index in [0.29, 0.717) is 6.42 Å². The first-order valence-electron chi connectivity index (χ1n) is 9.79. The zero-order valence-corrected chi connectivity index (χ0v) is 18.1. The molecule has 26 heavy (non-hydrogen) atoms. The van der Waals surface area contributed by atoms with E-state index >= 15 is 0 Å². The Morgan fingerprint density at radius 2 is 1.35 bits per heavy atom. The van der Waals surface area contributed by atoms with Crippen molar-refractivity contribution in [3.05, 3.63) is 60.7 Å². The van der Waals surface area contributed by atoms with Crippen LogP contribution in [0, 0.1) is 11.3 Å². The minimum Gasteiger partial charge on any atom is -0.384 e. The Morgan fingerprint density at radius 1 is 0.885 bits per heavy atom. The van der Waals surface area contributed by atoms with Crippen LogP contribution in [0.2, 0.25) is 0 Å². The predicted molar refractivity (Wildman–Crippen MR) is 113 cm³/mol. The minimum absolute atomic E-state index is 0.120. The maximum absolute atomic E-state index is 11.5. The van der Waals surface area contributed by atoms with Crippen LogP contribution < -0.4 is 10.4 Å². The third-order valence-electron chi connectivity index (χ3n) is 5.02. The Hall–Kier alpha value is -1.42. The number of aliphatic hydroxyl groups is 1. The Balaban J connectivity index is 2.38. The first-order valence-corrected chi connectivity index (χ1v) is 11.4. The van der Waals surface area contributed by atoms with E-state index in [0.717, 1.165) is 12.8 Å². The highest BCUT2D eigenvalue weighted by atomic mass is 28.3. The van der Waals surface area contributed by atoms with Crippen molar-refractivity contribution in [2.75, 3.05) is 0 Å². The molecular weight excluding hydrogens is 336 g/mol. The van der Waals surface area contributed by atoms with Gasteiger partial charge in [0.25, 0.3) is 0 Å². The van der Waals surface area contributed by atoms with Gasteiger partial charge in [-0.2, -0.15) is 0 Å². The summed E-state index contributed by atoms with van der Waals surface area (Å²) >= 11 is 0. The van der Waals surface area contributed by atoms with Gasteiger partial charge in [0.15, 0.2) is 5.79 Å². The molecule has 0 radical (unpaired) electrons. The first-order chi connectivity index (χ1) is 12.3. The summed E-state index contributed by atoms with van der Waals surface area (Å²) in [5.74, 6) is -0.972. The van der Waals surface area contributed by atoms with E-state index in [1.165, 1.54) is 10.4 Å². The first kappa shape index (κ1) is 20.9. The average Bonchev–Trinajstić information content (AvgIpc) is 2.64. The molecule has 0 bridgehead atoms. The smallest absolute Gasteiger partial charge is 0.243 e. The lowest BCUT2D eigenvalue weighted by Gasteiger charge is -2.41. The highest BCUT2D eigenvalue weighted by molar-refractivity contribution is 6.80. The van der Waals surface area contributed by atoms with E-state index in [1.54, 1.807) is 0 Å². The van der Waals surface area contributed by atoms with Crippen molar-refractivity contribution in [2.24, 2.45) is 11.3 Å². The van der Waals surface area contributed by atoms with Gasteiger partial charge in [0.1, 0.15) is 0 Å². The molecule has 3 heteroatoms. The van der Waals surface area contributed by atoms with Crippen molar-refractivity contribution in [1.82, 2.24) is 0 Å². The lowest BCUT2D eigenvalue weighted by atomic mass is 9.79. The van der Waals surface area contributed by atoms with Crippen molar-refractivity contribution in [3.8, 4) is 0 Å². The van der Waals surface area contributed by atoms with Gasteiger partial charge in [0, 0.05) is 5.92 Å². The standard InChI is InChI=1S/C23H34O2Si/c1-6-19(18-22(3,4)5)23(24,7-2)25-26(20-14-10-8-11-15-20)21-16-12-9-13-17-21/h8-17,19,24,26H,6-7,18H2,1-5H3/t19?,23-/m0/s1. The number of hydrogen-bond acceptors (Lipinski definition) is 2. The summed E-state index contributed by atoms with van der Waals surface area (Å²) in [6.07, 6.45) is 2.45. The minimum atomic E-state index is -1.98. The van der Waals surface area contributed by atoms with Crippen LogP contribution in [0.3, 0.4) is 0 Å². The van der Waals surface area contributed by atoms with E-state index in [1.807, 2.05) is 19.1 Å². The van der Waals surface area contributed by atoms with Gasteiger partial charge < -0.3 is 9.53 Å². The van der Waals surface area contributed by atoms with Crippen molar-refractivity contribution in [2.45, 2.75) is 59.7 Å². The molecule has 1 N–H and O–H groups in total. The third-order valence-corrected chi connectivity index (χ3v) is 7.65. The number of benzene rings is 2.